The third-order valence-electron chi connectivity index (χ3n) is 6.04. The monoisotopic (exact) mass is 403 g/mol. The van der Waals surface area contributed by atoms with E-state index in [4.69, 9.17) is 4.74 Å². The van der Waals surface area contributed by atoms with Gasteiger partial charge in [0.1, 0.15) is 6.73 Å². The minimum atomic E-state index is -1.06. The molecule has 152 valence electrons. The van der Waals surface area contributed by atoms with Crippen LogP contribution in [0.15, 0.2) is 66.7 Å². The minimum absolute atomic E-state index is 0.644. The first-order chi connectivity index (χ1) is 14.0. The maximum absolute atomic E-state index is 6.15. The van der Waals surface area contributed by atoms with Gasteiger partial charge in [-0.2, -0.15) is 0 Å². The van der Waals surface area contributed by atoms with Gasteiger partial charge in [0.2, 0.25) is 0 Å². The Hall–Kier alpha value is -2.10. The molecule has 0 fully saturated rings. The van der Waals surface area contributed by atoms with Gasteiger partial charge in [-0.3, -0.25) is 0 Å². The number of hydrogen-bond acceptors (Lipinski definition) is 1. The van der Waals surface area contributed by atoms with Gasteiger partial charge in [-0.25, -0.2) is 0 Å². The van der Waals surface area contributed by atoms with Crippen LogP contribution >= 0.6 is 0 Å². The lowest BCUT2D eigenvalue weighted by Gasteiger charge is -2.23. The zero-order chi connectivity index (χ0) is 20.3. The van der Waals surface area contributed by atoms with E-state index in [9.17, 15) is 0 Å². The van der Waals surface area contributed by atoms with E-state index in [-0.39, 0.29) is 0 Å². The fraction of sp³-hybridized carbons (Fsp3) is 0.385. The first-order valence-electron chi connectivity index (χ1n) is 10.9. The van der Waals surface area contributed by atoms with Crippen LogP contribution in [-0.4, -0.2) is 19.2 Å². The van der Waals surface area contributed by atoms with Crippen LogP contribution in [-0.2, 0) is 11.5 Å². The Labute approximate surface area is 176 Å². The van der Waals surface area contributed by atoms with Crippen molar-refractivity contribution in [3.63, 3.8) is 0 Å². The molecule has 1 unspecified atom stereocenters. The van der Waals surface area contributed by atoms with Gasteiger partial charge in [-0.05, 0) is 54.5 Å². The van der Waals surface area contributed by atoms with Crippen molar-refractivity contribution in [2.24, 2.45) is 0 Å². The largest absolute Gasteiger partial charge is 0.361 e. The van der Waals surface area contributed by atoms with Gasteiger partial charge in [-0.1, -0.05) is 74.2 Å². The third-order valence-corrected chi connectivity index (χ3v) is 7.74. The van der Waals surface area contributed by atoms with Gasteiger partial charge in [0.15, 0.2) is 0 Å². The molecule has 2 aromatic carbocycles. The molecule has 1 atom stereocenters. The van der Waals surface area contributed by atoms with E-state index in [0.29, 0.717) is 12.6 Å². The molecule has 0 bridgehead atoms. The average Bonchev–Trinajstić information content (AvgIpc) is 3.10. The second kappa shape index (κ2) is 8.72. The molecule has 3 heteroatoms. The number of ether oxygens (including phenoxy) is 1. The second-order valence-corrected chi connectivity index (χ2v) is 15.1. The molecular formula is C26H33NOSi. The van der Waals surface area contributed by atoms with Crippen LogP contribution in [0.3, 0.4) is 0 Å². The van der Waals surface area contributed by atoms with E-state index in [1.807, 2.05) is 0 Å². The van der Waals surface area contributed by atoms with Crippen molar-refractivity contribution < 1.29 is 4.74 Å². The predicted molar refractivity (Wildman–Crippen MR) is 127 cm³/mol. The van der Waals surface area contributed by atoms with Gasteiger partial charge < -0.3 is 9.30 Å². The van der Waals surface area contributed by atoms with Gasteiger partial charge in [0, 0.05) is 25.8 Å². The smallest absolute Gasteiger partial charge is 0.123 e. The number of nitrogens with zero attached hydrogens (tertiary/aromatic N) is 1. The summed E-state index contributed by atoms with van der Waals surface area (Å²) in [7, 11) is -1.06. The molecule has 0 aliphatic heterocycles. The van der Waals surface area contributed by atoms with Crippen molar-refractivity contribution in [2.45, 2.75) is 57.6 Å². The fourth-order valence-corrected chi connectivity index (χ4v) is 5.00. The van der Waals surface area contributed by atoms with Crippen molar-refractivity contribution >= 4 is 24.5 Å². The molecule has 1 aromatic heterocycles. The number of rotatable bonds is 7. The summed E-state index contributed by atoms with van der Waals surface area (Å²) in [5.41, 5.74) is 5.56. The zero-order valence-corrected chi connectivity index (χ0v) is 19.0. The van der Waals surface area contributed by atoms with Crippen molar-refractivity contribution in [3.05, 3.63) is 78.0 Å². The SMILES string of the molecule is C[Si](C)(C)CCOCn1c(C2=CCC(c3ccccc3)CC2)cc2ccccc21. The van der Waals surface area contributed by atoms with Crippen LogP contribution in [0.1, 0.15) is 36.4 Å². The molecular weight excluding hydrogens is 370 g/mol. The summed E-state index contributed by atoms with van der Waals surface area (Å²) in [6, 6.07) is 23.2. The Morgan fingerprint density at radius 2 is 1.76 bits per heavy atom. The Morgan fingerprint density at radius 1 is 1.00 bits per heavy atom. The van der Waals surface area contributed by atoms with Crippen molar-refractivity contribution in [1.82, 2.24) is 4.57 Å². The lowest BCUT2D eigenvalue weighted by Crippen LogP contribution is -2.22. The summed E-state index contributed by atoms with van der Waals surface area (Å²) in [5.74, 6) is 0.644. The molecule has 0 amide bonds. The van der Waals surface area contributed by atoms with Crippen LogP contribution in [0.2, 0.25) is 25.7 Å². The highest BCUT2D eigenvalue weighted by Crippen LogP contribution is 2.37. The molecule has 0 radical (unpaired) electrons. The number of hydrogen-bond donors (Lipinski definition) is 0. The topological polar surface area (TPSA) is 14.2 Å². The summed E-state index contributed by atoms with van der Waals surface area (Å²) in [6.45, 7) is 8.72. The Balaban J connectivity index is 1.54. The lowest BCUT2D eigenvalue weighted by molar-refractivity contribution is 0.0897. The van der Waals surface area contributed by atoms with E-state index in [0.717, 1.165) is 19.4 Å². The quantitative estimate of drug-likeness (QED) is 0.298. The van der Waals surface area contributed by atoms with Gasteiger partial charge in [-0.15, -0.1) is 0 Å². The molecule has 3 aromatic rings. The Morgan fingerprint density at radius 3 is 2.48 bits per heavy atom. The van der Waals surface area contributed by atoms with Crippen LogP contribution in [0.4, 0.5) is 0 Å². The molecule has 4 rings (SSSR count). The summed E-state index contributed by atoms with van der Waals surface area (Å²) in [4.78, 5) is 0. The van der Waals surface area contributed by atoms with Crippen LogP contribution in [0.5, 0.6) is 0 Å². The van der Waals surface area contributed by atoms with Crippen LogP contribution in [0.25, 0.3) is 16.5 Å². The van der Waals surface area contributed by atoms with Crippen LogP contribution < -0.4 is 0 Å². The standard InChI is InChI=1S/C26H33NOSi/c1-29(2,3)18-17-28-20-27-25-12-8-7-11-24(25)19-26(27)23-15-13-22(14-16-23)21-9-5-4-6-10-21/h4-12,15,19,22H,13-14,16-18,20H2,1-3H3. The van der Waals surface area contributed by atoms with Crippen molar-refractivity contribution in [3.8, 4) is 0 Å². The lowest BCUT2D eigenvalue weighted by atomic mass is 9.84. The maximum Gasteiger partial charge on any atom is 0.123 e. The Kier molecular flexibility index (Phi) is 6.07. The molecule has 1 aliphatic rings. The first-order valence-corrected chi connectivity index (χ1v) is 14.6. The maximum atomic E-state index is 6.15. The van der Waals surface area contributed by atoms with Gasteiger partial charge in [0.25, 0.3) is 0 Å². The van der Waals surface area contributed by atoms with E-state index in [2.05, 4.69) is 90.9 Å². The molecule has 1 heterocycles. The normalized spacial score (nSPS) is 17.5. The number of aromatic nitrogens is 1. The first kappa shape index (κ1) is 20.2. The average molecular weight is 404 g/mol. The van der Waals surface area contributed by atoms with E-state index < -0.39 is 8.07 Å². The van der Waals surface area contributed by atoms with E-state index >= 15 is 0 Å². The number of para-hydroxylation sites is 1. The summed E-state index contributed by atoms with van der Waals surface area (Å²) in [5, 5.41) is 1.31. The summed E-state index contributed by atoms with van der Waals surface area (Å²) < 4.78 is 8.54. The Bertz CT molecular complexity index is 981. The summed E-state index contributed by atoms with van der Waals surface area (Å²) >= 11 is 0. The minimum Gasteiger partial charge on any atom is -0.361 e. The second-order valence-electron chi connectivity index (χ2n) is 9.48. The molecule has 0 spiro atoms. The summed E-state index contributed by atoms with van der Waals surface area (Å²) in [6.07, 6.45) is 5.93. The van der Waals surface area contributed by atoms with Crippen LogP contribution in [0, 0.1) is 0 Å². The molecule has 0 saturated carbocycles. The van der Waals surface area contributed by atoms with Gasteiger partial charge >= 0.3 is 0 Å². The zero-order valence-electron chi connectivity index (χ0n) is 18.0. The number of allylic oxidation sites excluding steroid dienone is 2. The van der Waals surface area contributed by atoms with E-state index in [1.165, 1.54) is 40.2 Å². The number of fused-ring (bicyclic) bond motifs is 1. The van der Waals surface area contributed by atoms with E-state index in [1.54, 1.807) is 0 Å². The highest BCUT2D eigenvalue weighted by molar-refractivity contribution is 6.76. The fourth-order valence-electron chi connectivity index (χ4n) is 4.24. The molecule has 0 N–H and O–H groups in total. The third kappa shape index (κ3) is 4.91. The highest BCUT2D eigenvalue weighted by atomic mass is 28.3. The molecule has 2 nitrogen and oxygen atoms in total. The van der Waals surface area contributed by atoms with Crippen molar-refractivity contribution in [1.29, 1.82) is 0 Å². The molecule has 0 saturated heterocycles. The van der Waals surface area contributed by atoms with Crippen molar-refractivity contribution in [2.75, 3.05) is 6.61 Å². The molecule has 29 heavy (non-hydrogen) atoms. The highest BCUT2D eigenvalue weighted by Gasteiger charge is 2.20. The number of benzene rings is 2. The van der Waals surface area contributed by atoms with Gasteiger partial charge in [0.05, 0.1) is 5.52 Å². The predicted octanol–water partition coefficient (Wildman–Crippen LogP) is 7.30. The molecule has 1 aliphatic carbocycles.